The molecule has 0 saturated carbocycles. The van der Waals surface area contributed by atoms with Crippen LogP contribution in [0, 0.1) is 6.92 Å². The average molecular weight is 233 g/mol. The molecular weight excluding hydrogens is 210 g/mol. The Morgan fingerprint density at radius 1 is 1.47 bits per heavy atom. The Hall–Kier alpha value is -1.28. The van der Waals surface area contributed by atoms with Crippen LogP contribution in [0.1, 0.15) is 37.4 Å². The summed E-state index contributed by atoms with van der Waals surface area (Å²) < 4.78 is 5.74. The van der Waals surface area contributed by atoms with Gasteiger partial charge in [0.05, 0.1) is 0 Å². The summed E-state index contributed by atoms with van der Waals surface area (Å²) in [6.07, 6.45) is 0.966. The third-order valence-corrected chi connectivity index (χ3v) is 3.06. The number of nitrogens with one attached hydrogen (secondary N) is 1. The largest absolute Gasteiger partial charge is 0.489 e. The van der Waals surface area contributed by atoms with E-state index in [1.54, 1.807) is 0 Å². The highest BCUT2D eigenvalue weighted by Gasteiger charge is 2.06. The van der Waals surface area contributed by atoms with E-state index < -0.39 is 0 Å². The van der Waals surface area contributed by atoms with Gasteiger partial charge in [-0.1, -0.05) is 25.6 Å². The minimum absolute atomic E-state index is 0.369. The summed E-state index contributed by atoms with van der Waals surface area (Å²) in [5, 5.41) is 3.23. The van der Waals surface area contributed by atoms with E-state index in [1.807, 2.05) is 13.1 Å². The second kappa shape index (κ2) is 6.45. The number of hydrogen-bond acceptors (Lipinski definition) is 2. The van der Waals surface area contributed by atoms with Gasteiger partial charge in [0, 0.05) is 6.04 Å². The molecule has 1 unspecified atom stereocenters. The summed E-state index contributed by atoms with van der Waals surface area (Å²) >= 11 is 0. The molecule has 1 N–H and O–H groups in total. The molecule has 0 bridgehead atoms. The van der Waals surface area contributed by atoms with Gasteiger partial charge in [0.1, 0.15) is 12.4 Å². The van der Waals surface area contributed by atoms with Gasteiger partial charge in [-0.25, -0.2) is 0 Å². The maximum Gasteiger partial charge on any atom is 0.122 e. The molecule has 2 nitrogen and oxygen atoms in total. The molecule has 0 aliphatic heterocycles. The van der Waals surface area contributed by atoms with Gasteiger partial charge in [-0.2, -0.15) is 0 Å². The highest BCUT2D eigenvalue weighted by molar-refractivity contribution is 5.37. The van der Waals surface area contributed by atoms with Crippen LogP contribution in [0.2, 0.25) is 0 Å². The van der Waals surface area contributed by atoms with Crippen molar-refractivity contribution in [1.82, 2.24) is 5.32 Å². The van der Waals surface area contributed by atoms with Crippen LogP contribution in [-0.4, -0.2) is 13.7 Å². The standard InChI is InChI=1S/C15H23NO/c1-6-11(2)10-17-15-8-7-14(9-12(15)3)13(4)16-5/h7-9,13,16H,2,6,10H2,1,3-5H3. The van der Waals surface area contributed by atoms with Gasteiger partial charge >= 0.3 is 0 Å². The molecule has 1 aromatic carbocycles. The summed E-state index contributed by atoms with van der Waals surface area (Å²) in [6.45, 7) is 10.9. The molecule has 1 atom stereocenters. The summed E-state index contributed by atoms with van der Waals surface area (Å²) in [4.78, 5) is 0. The first-order chi connectivity index (χ1) is 8.08. The zero-order valence-corrected chi connectivity index (χ0v) is 11.3. The van der Waals surface area contributed by atoms with Crippen LogP contribution in [-0.2, 0) is 0 Å². The fourth-order valence-corrected chi connectivity index (χ4v) is 1.55. The molecule has 0 aliphatic carbocycles. The van der Waals surface area contributed by atoms with Crippen molar-refractivity contribution in [2.75, 3.05) is 13.7 Å². The van der Waals surface area contributed by atoms with E-state index in [4.69, 9.17) is 4.74 Å². The van der Waals surface area contributed by atoms with Crippen LogP contribution in [0.5, 0.6) is 5.75 Å². The fraction of sp³-hybridized carbons (Fsp3) is 0.467. The lowest BCUT2D eigenvalue weighted by Crippen LogP contribution is -2.12. The molecule has 0 aromatic heterocycles. The molecule has 94 valence electrons. The summed E-state index contributed by atoms with van der Waals surface area (Å²) in [5.41, 5.74) is 3.58. The maximum absolute atomic E-state index is 5.74. The molecule has 1 aromatic rings. The molecule has 17 heavy (non-hydrogen) atoms. The monoisotopic (exact) mass is 233 g/mol. The van der Waals surface area contributed by atoms with Gasteiger partial charge in [0.25, 0.3) is 0 Å². The Morgan fingerprint density at radius 3 is 2.71 bits per heavy atom. The van der Waals surface area contributed by atoms with Crippen LogP contribution >= 0.6 is 0 Å². The van der Waals surface area contributed by atoms with Crippen molar-refractivity contribution in [3.05, 3.63) is 41.5 Å². The van der Waals surface area contributed by atoms with E-state index in [0.29, 0.717) is 12.6 Å². The molecular formula is C15H23NO. The minimum atomic E-state index is 0.369. The lowest BCUT2D eigenvalue weighted by atomic mass is 10.1. The number of ether oxygens (including phenoxy) is 1. The Bertz CT molecular complexity index is 385. The average Bonchev–Trinajstić information content (AvgIpc) is 2.35. The molecule has 0 amide bonds. The van der Waals surface area contributed by atoms with Crippen molar-refractivity contribution in [3.8, 4) is 5.75 Å². The highest BCUT2D eigenvalue weighted by atomic mass is 16.5. The fourth-order valence-electron chi connectivity index (χ4n) is 1.55. The van der Waals surface area contributed by atoms with E-state index >= 15 is 0 Å². The smallest absolute Gasteiger partial charge is 0.122 e. The molecule has 0 aliphatic rings. The Balaban J connectivity index is 2.72. The Labute approximate surface area is 105 Å². The number of rotatable bonds is 6. The predicted octanol–water partition coefficient (Wildman–Crippen LogP) is 3.62. The van der Waals surface area contributed by atoms with Crippen molar-refractivity contribution in [2.45, 2.75) is 33.2 Å². The van der Waals surface area contributed by atoms with Crippen LogP contribution < -0.4 is 10.1 Å². The zero-order chi connectivity index (χ0) is 12.8. The molecule has 0 spiro atoms. The quantitative estimate of drug-likeness (QED) is 0.758. The van der Waals surface area contributed by atoms with E-state index in [0.717, 1.165) is 17.7 Å². The second-order valence-corrected chi connectivity index (χ2v) is 4.43. The maximum atomic E-state index is 5.74. The highest BCUT2D eigenvalue weighted by Crippen LogP contribution is 2.23. The first-order valence-corrected chi connectivity index (χ1v) is 6.15. The summed E-state index contributed by atoms with van der Waals surface area (Å²) in [7, 11) is 1.97. The van der Waals surface area contributed by atoms with Gasteiger partial charge < -0.3 is 10.1 Å². The van der Waals surface area contributed by atoms with E-state index in [2.05, 4.69) is 44.8 Å². The normalized spacial score (nSPS) is 12.2. The second-order valence-electron chi connectivity index (χ2n) is 4.43. The third kappa shape index (κ3) is 3.90. The van der Waals surface area contributed by atoms with Crippen molar-refractivity contribution in [3.63, 3.8) is 0 Å². The predicted molar refractivity (Wildman–Crippen MR) is 73.6 cm³/mol. The third-order valence-electron chi connectivity index (χ3n) is 3.06. The topological polar surface area (TPSA) is 21.3 Å². The van der Waals surface area contributed by atoms with Gasteiger partial charge in [-0.15, -0.1) is 0 Å². The Kier molecular flexibility index (Phi) is 5.23. The summed E-state index contributed by atoms with van der Waals surface area (Å²) in [5.74, 6) is 0.951. The minimum Gasteiger partial charge on any atom is -0.489 e. The van der Waals surface area contributed by atoms with Crippen LogP contribution in [0.3, 0.4) is 0 Å². The molecule has 2 heteroatoms. The van der Waals surface area contributed by atoms with Crippen molar-refractivity contribution < 1.29 is 4.74 Å². The molecule has 0 heterocycles. The Morgan fingerprint density at radius 2 is 2.18 bits per heavy atom. The van der Waals surface area contributed by atoms with Crippen LogP contribution in [0.4, 0.5) is 0 Å². The van der Waals surface area contributed by atoms with Gasteiger partial charge in [-0.3, -0.25) is 0 Å². The molecule has 0 fully saturated rings. The van der Waals surface area contributed by atoms with Crippen LogP contribution in [0.15, 0.2) is 30.4 Å². The van der Waals surface area contributed by atoms with Crippen LogP contribution in [0.25, 0.3) is 0 Å². The van der Waals surface area contributed by atoms with Crippen molar-refractivity contribution in [2.24, 2.45) is 0 Å². The van der Waals surface area contributed by atoms with Gasteiger partial charge in [0.15, 0.2) is 0 Å². The zero-order valence-electron chi connectivity index (χ0n) is 11.3. The molecule has 1 rings (SSSR count). The summed E-state index contributed by atoms with van der Waals surface area (Å²) in [6, 6.07) is 6.69. The van der Waals surface area contributed by atoms with Crippen molar-refractivity contribution >= 4 is 0 Å². The van der Waals surface area contributed by atoms with E-state index in [-0.39, 0.29) is 0 Å². The van der Waals surface area contributed by atoms with Gasteiger partial charge in [0.2, 0.25) is 0 Å². The number of hydrogen-bond donors (Lipinski definition) is 1. The number of aryl methyl sites for hydroxylation is 1. The lowest BCUT2D eigenvalue weighted by molar-refractivity contribution is 0.346. The van der Waals surface area contributed by atoms with Crippen molar-refractivity contribution in [1.29, 1.82) is 0 Å². The first kappa shape index (κ1) is 13.8. The first-order valence-electron chi connectivity index (χ1n) is 6.15. The number of benzene rings is 1. The SMILES string of the molecule is C=C(CC)COc1ccc(C(C)NC)cc1C. The van der Waals surface area contributed by atoms with E-state index in [1.165, 1.54) is 11.1 Å². The lowest BCUT2D eigenvalue weighted by Gasteiger charge is -2.14. The van der Waals surface area contributed by atoms with E-state index in [9.17, 15) is 0 Å². The molecule has 0 saturated heterocycles. The molecule has 0 radical (unpaired) electrons. The van der Waals surface area contributed by atoms with Gasteiger partial charge in [-0.05, 0) is 50.1 Å².